The van der Waals surface area contributed by atoms with Crippen LogP contribution in [0.25, 0.3) is 0 Å². The highest BCUT2D eigenvalue weighted by atomic mass is 19.1. The topological polar surface area (TPSA) is 50.4 Å². The van der Waals surface area contributed by atoms with E-state index in [0.29, 0.717) is 12.1 Å². The number of carbonyl (C=O) groups excluding carboxylic acids is 1. The van der Waals surface area contributed by atoms with Crippen LogP contribution in [0, 0.1) is 11.7 Å². The van der Waals surface area contributed by atoms with Crippen molar-refractivity contribution < 1.29 is 13.9 Å². The number of esters is 1. The Balaban J connectivity index is 2.30. The highest BCUT2D eigenvalue weighted by Crippen LogP contribution is 2.30. The van der Waals surface area contributed by atoms with Crippen molar-refractivity contribution >= 4 is 11.7 Å². The Morgan fingerprint density at radius 2 is 2.37 bits per heavy atom. The van der Waals surface area contributed by atoms with Crippen LogP contribution < -0.4 is 10.6 Å². The minimum atomic E-state index is -0.798. The highest BCUT2D eigenvalue weighted by Gasteiger charge is 2.46. The summed E-state index contributed by atoms with van der Waals surface area (Å²) in [5.74, 6) is -0.575. The quantitative estimate of drug-likeness (QED) is 0.819. The summed E-state index contributed by atoms with van der Waals surface area (Å²) in [6.07, 6.45) is 0.608. The molecule has 0 aliphatic carbocycles. The summed E-state index contributed by atoms with van der Waals surface area (Å²) >= 11 is 0. The number of hydrogen-bond donors (Lipinski definition) is 2. The first-order chi connectivity index (χ1) is 9.08. The summed E-state index contributed by atoms with van der Waals surface area (Å²) in [5.41, 5.74) is -0.201. The van der Waals surface area contributed by atoms with Crippen LogP contribution in [0.15, 0.2) is 24.3 Å². The van der Waals surface area contributed by atoms with Crippen molar-refractivity contribution in [2.75, 3.05) is 25.5 Å². The van der Waals surface area contributed by atoms with Crippen LogP contribution in [0.1, 0.15) is 13.3 Å². The van der Waals surface area contributed by atoms with Crippen LogP contribution in [0.2, 0.25) is 0 Å². The van der Waals surface area contributed by atoms with E-state index < -0.39 is 5.54 Å². The molecule has 1 aliphatic heterocycles. The Kier molecular flexibility index (Phi) is 4.04. The lowest BCUT2D eigenvalue weighted by atomic mass is 9.79. The number of nitrogens with one attached hydrogen (secondary N) is 2. The summed E-state index contributed by atoms with van der Waals surface area (Å²) in [7, 11) is 1.38. The molecule has 19 heavy (non-hydrogen) atoms. The molecule has 0 spiro atoms. The minimum Gasteiger partial charge on any atom is -0.467 e. The van der Waals surface area contributed by atoms with E-state index in [2.05, 4.69) is 10.6 Å². The van der Waals surface area contributed by atoms with Crippen molar-refractivity contribution in [3.63, 3.8) is 0 Å². The fraction of sp³-hybridized carbons (Fsp3) is 0.500. The molecular formula is C14H19FN2O2. The first-order valence-electron chi connectivity index (χ1n) is 6.41. The van der Waals surface area contributed by atoms with E-state index in [1.54, 1.807) is 12.1 Å². The standard InChI is InChI=1S/C14H19FN2O2/c1-10-9-16-7-6-14(10,13(18)19-2)17-12-5-3-4-11(15)8-12/h3-5,8,10,16-17H,6-7,9H2,1-2H3. The predicted octanol–water partition coefficient (Wildman–Crippen LogP) is 1.78. The van der Waals surface area contributed by atoms with Gasteiger partial charge in [0.25, 0.3) is 0 Å². The van der Waals surface area contributed by atoms with E-state index >= 15 is 0 Å². The van der Waals surface area contributed by atoms with Gasteiger partial charge in [-0.3, -0.25) is 0 Å². The molecule has 1 aliphatic rings. The van der Waals surface area contributed by atoms with E-state index in [-0.39, 0.29) is 17.7 Å². The Morgan fingerprint density at radius 3 is 3.00 bits per heavy atom. The van der Waals surface area contributed by atoms with Gasteiger partial charge in [0.2, 0.25) is 0 Å². The molecule has 2 unspecified atom stereocenters. The van der Waals surface area contributed by atoms with Gasteiger partial charge in [0.05, 0.1) is 7.11 Å². The van der Waals surface area contributed by atoms with Crippen molar-refractivity contribution in [1.82, 2.24) is 5.32 Å². The number of rotatable bonds is 3. The fourth-order valence-electron chi connectivity index (χ4n) is 2.57. The maximum Gasteiger partial charge on any atom is 0.331 e. The fourth-order valence-corrected chi connectivity index (χ4v) is 2.57. The first kappa shape index (κ1) is 13.8. The number of anilines is 1. The van der Waals surface area contributed by atoms with Gasteiger partial charge in [0.1, 0.15) is 11.4 Å². The number of hydrogen-bond acceptors (Lipinski definition) is 4. The lowest BCUT2D eigenvalue weighted by Gasteiger charge is -2.41. The first-order valence-corrected chi connectivity index (χ1v) is 6.41. The zero-order valence-corrected chi connectivity index (χ0v) is 11.2. The summed E-state index contributed by atoms with van der Waals surface area (Å²) in [6, 6.07) is 6.14. The molecule has 0 bridgehead atoms. The van der Waals surface area contributed by atoms with Gasteiger partial charge in [-0.25, -0.2) is 9.18 Å². The van der Waals surface area contributed by atoms with Crippen molar-refractivity contribution in [1.29, 1.82) is 0 Å². The van der Waals surface area contributed by atoms with Gasteiger partial charge in [-0.05, 0) is 31.2 Å². The lowest BCUT2D eigenvalue weighted by molar-refractivity contribution is -0.148. The Labute approximate surface area is 112 Å². The molecule has 1 saturated heterocycles. The molecule has 2 atom stereocenters. The third kappa shape index (κ3) is 2.71. The highest BCUT2D eigenvalue weighted by molar-refractivity contribution is 5.85. The van der Waals surface area contributed by atoms with Gasteiger partial charge >= 0.3 is 5.97 Å². The normalized spacial score (nSPS) is 26.8. The van der Waals surface area contributed by atoms with Crippen molar-refractivity contribution in [3.8, 4) is 0 Å². The maximum atomic E-state index is 13.3. The Bertz CT molecular complexity index is 467. The van der Waals surface area contributed by atoms with Gasteiger partial charge in [0, 0.05) is 18.2 Å². The average molecular weight is 266 g/mol. The second kappa shape index (κ2) is 5.57. The van der Waals surface area contributed by atoms with Gasteiger partial charge in [-0.1, -0.05) is 13.0 Å². The van der Waals surface area contributed by atoms with Crippen LogP contribution in [0.3, 0.4) is 0 Å². The van der Waals surface area contributed by atoms with E-state index in [4.69, 9.17) is 4.74 Å². The molecule has 1 heterocycles. The molecule has 1 fully saturated rings. The summed E-state index contributed by atoms with van der Waals surface area (Å²) < 4.78 is 18.2. The van der Waals surface area contributed by atoms with Crippen LogP contribution in [0.5, 0.6) is 0 Å². The van der Waals surface area contributed by atoms with Crippen LogP contribution >= 0.6 is 0 Å². The monoisotopic (exact) mass is 266 g/mol. The predicted molar refractivity (Wildman–Crippen MR) is 71.4 cm³/mol. The number of methoxy groups -OCH3 is 1. The Hall–Kier alpha value is -1.62. The molecular weight excluding hydrogens is 247 g/mol. The number of benzene rings is 1. The largest absolute Gasteiger partial charge is 0.467 e. The molecule has 0 aromatic heterocycles. The van der Waals surface area contributed by atoms with Crippen molar-refractivity contribution in [2.24, 2.45) is 5.92 Å². The SMILES string of the molecule is COC(=O)C1(Nc2cccc(F)c2)CCNCC1C. The van der Waals surface area contributed by atoms with Crippen LogP contribution in [-0.4, -0.2) is 31.7 Å². The van der Waals surface area contributed by atoms with E-state index in [1.807, 2.05) is 6.92 Å². The number of ether oxygens (including phenoxy) is 1. The molecule has 4 nitrogen and oxygen atoms in total. The zero-order chi connectivity index (χ0) is 13.9. The van der Waals surface area contributed by atoms with E-state index in [0.717, 1.165) is 13.1 Å². The molecule has 2 rings (SSSR count). The molecule has 1 aromatic carbocycles. The maximum absolute atomic E-state index is 13.3. The second-order valence-electron chi connectivity index (χ2n) is 4.95. The lowest BCUT2D eigenvalue weighted by Crippen LogP contribution is -2.59. The molecule has 104 valence electrons. The molecule has 0 amide bonds. The van der Waals surface area contributed by atoms with Gasteiger partial charge in [-0.2, -0.15) is 0 Å². The molecule has 2 N–H and O–H groups in total. The number of halogens is 1. The molecule has 1 aromatic rings. The minimum absolute atomic E-state index is 0.0527. The zero-order valence-electron chi connectivity index (χ0n) is 11.2. The average Bonchev–Trinajstić information content (AvgIpc) is 2.40. The second-order valence-corrected chi connectivity index (χ2v) is 4.95. The van der Waals surface area contributed by atoms with Gasteiger partial charge < -0.3 is 15.4 Å². The molecule has 0 saturated carbocycles. The third-order valence-electron chi connectivity index (χ3n) is 3.73. The number of piperidine rings is 1. The smallest absolute Gasteiger partial charge is 0.331 e. The molecule has 5 heteroatoms. The van der Waals surface area contributed by atoms with Crippen molar-refractivity contribution in [3.05, 3.63) is 30.1 Å². The van der Waals surface area contributed by atoms with Gasteiger partial charge in [-0.15, -0.1) is 0 Å². The summed E-state index contributed by atoms with van der Waals surface area (Å²) in [6.45, 7) is 3.43. The van der Waals surface area contributed by atoms with E-state index in [9.17, 15) is 9.18 Å². The summed E-state index contributed by atoms with van der Waals surface area (Å²) in [4.78, 5) is 12.2. The third-order valence-corrected chi connectivity index (χ3v) is 3.73. The Morgan fingerprint density at radius 1 is 1.58 bits per heavy atom. The molecule has 0 radical (unpaired) electrons. The van der Waals surface area contributed by atoms with Crippen LogP contribution in [0.4, 0.5) is 10.1 Å². The number of carbonyl (C=O) groups is 1. The van der Waals surface area contributed by atoms with Crippen LogP contribution in [-0.2, 0) is 9.53 Å². The summed E-state index contributed by atoms with van der Waals surface area (Å²) in [5, 5.41) is 6.42. The van der Waals surface area contributed by atoms with Gasteiger partial charge in [0.15, 0.2) is 0 Å². The van der Waals surface area contributed by atoms with E-state index in [1.165, 1.54) is 19.2 Å². The van der Waals surface area contributed by atoms with Crippen molar-refractivity contribution in [2.45, 2.75) is 18.9 Å².